The van der Waals surface area contributed by atoms with Gasteiger partial charge in [0.2, 0.25) is 0 Å². The van der Waals surface area contributed by atoms with Crippen molar-refractivity contribution in [2.45, 2.75) is 39.3 Å². The second-order valence-corrected chi connectivity index (χ2v) is 7.93. The summed E-state index contributed by atoms with van der Waals surface area (Å²) in [5.74, 6) is 0.687. The molecule has 0 saturated carbocycles. The minimum atomic E-state index is -4.39. The molecular formula is C26H25F3N2. The Morgan fingerprint density at radius 2 is 1.61 bits per heavy atom. The van der Waals surface area contributed by atoms with E-state index in [9.17, 15) is 13.2 Å². The van der Waals surface area contributed by atoms with Crippen LogP contribution >= 0.6 is 0 Å². The van der Waals surface area contributed by atoms with Gasteiger partial charge in [0.25, 0.3) is 0 Å². The number of aromatic nitrogens is 1. The van der Waals surface area contributed by atoms with Crippen molar-refractivity contribution in [1.29, 1.82) is 0 Å². The molecule has 4 rings (SSSR count). The summed E-state index contributed by atoms with van der Waals surface area (Å²) in [5, 5.41) is 5.18. The fourth-order valence-corrected chi connectivity index (χ4v) is 3.82. The molecule has 0 radical (unpaired) electrons. The molecule has 0 unspecified atom stereocenters. The Balaban J connectivity index is 1.77. The molecule has 0 saturated heterocycles. The van der Waals surface area contributed by atoms with Gasteiger partial charge in [0.15, 0.2) is 0 Å². The zero-order chi connectivity index (χ0) is 22.0. The zero-order valence-electron chi connectivity index (χ0n) is 17.6. The number of anilines is 2. The van der Waals surface area contributed by atoms with E-state index in [1.54, 1.807) is 0 Å². The summed E-state index contributed by atoms with van der Waals surface area (Å²) in [6.07, 6.45) is -1.98. The number of benzene rings is 3. The first-order valence-electron chi connectivity index (χ1n) is 10.5. The topological polar surface area (TPSA) is 27.8 Å². The fraction of sp³-hybridized carbons (Fsp3) is 0.231. The van der Waals surface area contributed by atoms with Crippen molar-refractivity contribution < 1.29 is 13.2 Å². The molecule has 0 atom stereocenters. The van der Waals surface area contributed by atoms with Crippen LogP contribution in [0.4, 0.5) is 24.7 Å². The highest BCUT2D eigenvalue weighted by Crippen LogP contribution is 2.37. The van der Waals surface area contributed by atoms with Gasteiger partial charge in [0.1, 0.15) is 5.82 Å². The monoisotopic (exact) mass is 422 g/mol. The number of hydrogen-bond acceptors (Lipinski definition) is 1. The van der Waals surface area contributed by atoms with Crippen LogP contribution in [-0.4, -0.2) is 4.98 Å². The van der Waals surface area contributed by atoms with E-state index in [2.05, 4.69) is 10.3 Å². The molecule has 0 spiro atoms. The van der Waals surface area contributed by atoms with Gasteiger partial charge in [-0.25, -0.2) is 0 Å². The average Bonchev–Trinajstić information content (AvgIpc) is 3.10. The molecule has 0 aliphatic rings. The number of halogens is 3. The second-order valence-electron chi connectivity index (χ2n) is 7.93. The van der Waals surface area contributed by atoms with Gasteiger partial charge in [-0.1, -0.05) is 67.4 Å². The minimum absolute atomic E-state index is 0.434. The number of aryl methyl sites for hydroxylation is 2. The molecule has 4 aromatic rings. The van der Waals surface area contributed by atoms with E-state index in [4.69, 9.17) is 0 Å². The third-order valence-electron chi connectivity index (χ3n) is 5.46. The Bertz CT molecular complexity index is 1190. The molecule has 5 heteroatoms. The predicted molar refractivity (Wildman–Crippen MR) is 122 cm³/mol. The zero-order valence-corrected chi connectivity index (χ0v) is 17.6. The maximum atomic E-state index is 13.5. The van der Waals surface area contributed by atoms with Crippen LogP contribution < -0.4 is 5.32 Å². The molecule has 160 valence electrons. The lowest BCUT2D eigenvalue weighted by molar-refractivity contribution is -0.137. The van der Waals surface area contributed by atoms with Gasteiger partial charge >= 0.3 is 6.18 Å². The predicted octanol–water partition coefficient (Wildman–Crippen LogP) is 8.25. The Kier molecular flexibility index (Phi) is 5.77. The molecule has 0 bridgehead atoms. The first-order valence-corrected chi connectivity index (χ1v) is 10.5. The molecular weight excluding hydrogens is 397 g/mol. The maximum Gasteiger partial charge on any atom is 0.416 e. The number of fused-ring (bicyclic) bond motifs is 1. The fourth-order valence-electron chi connectivity index (χ4n) is 3.82. The van der Waals surface area contributed by atoms with Gasteiger partial charge in [-0.2, -0.15) is 13.2 Å². The van der Waals surface area contributed by atoms with Crippen LogP contribution in [0.2, 0.25) is 0 Å². The quantitative estimate of drug-likeness (QED) is 0.322. The van der Waals surface area contributed by atoms with Crippen molar-refractivity contribution >= 4 is 22.3 Å². The third-order valence-corrected chi connectivity index (χ3v) is 5.46. The van der Waals surface area contributed by atoms with E-state index in [0.29, 0.717) is 23.5 Å². The molecule has 0 amide bonds. The lowest BCUT2D eigenvalue weighted by Gasteiger charge is -2.13. The van der Waals surface area contributed by atoms with Gasteiger partial charge in [-0.05, 0) is 49.1 Å². The average molecular weight is 422 g/mol. The van der Waals surface area contributed by atoms with Crippen LogP contribution in [-0.2, 0) is 12.6 Å². The van der Waals surface area contributed by atoms with E-state index in [1.807, 2.05) is 68.4 Å². The molecule has 0 aliphatic heterocycles. The Labute approximate surface area is 180 Å². The first-order chi connectivity index (χ1) is 14.8. The summed E-state index contributed by atoms with van der Waals surface area (Å²) in [7, 11) is 0. The summed E-state index contributed by atoms with van der Waals surface area (Å²) in [5.41, 5.74) is 3.63. The van der Waals surface area contributed by atoms with E-state index in [-0.39, 0.29) is 0 Å². The largest absolute Gasteiger partial charge is 0.416 e. The number of nitrogens with one attached hydrogen (secondary N) is 2. The highest BCUT2D eigenvalue weighted by Gasteiger charge is 2.31. The van der Waals surface area contributed by atoms with Gasteiger partial charge in [0, 0.05) is 16.5 Å². The Hall–Kier alpha value is -3.21. The van der Waals surface area contributed by atoms with Crippen molar-refractivity contribution in [3.8, 4) is 11.3 Å². The van der Waals surface area contributed by atoms with Crippen molar-refractivity contribution in [2.75, 3.05) is 5.32 Å². The van der Waals surface area contributed by atoms with Crippen LogP contribution in [0.25, 0.3) is 22.0 Å². The van der Waals surface area contributed by atoms with E-state index in [0.717, 1.165) is 34.9 Å². The highest BCUT2D eigenvalue weighted by molar-refractivity contribution is 6.04. The minimum Gasteiger partial charge on any atom is -0.341 e. The molecule has 2 nitrogen and oxygen atoms in total. The Morgan fingerprint density at radius 1 is 0.903 bits per heavy atom. The molecule has 31 heavy (non-hydrogen) atoms. The number of aromatic amines is 1. The highest BCUT2D eigenvalue weighted by atomic mass is 19.4. The maximum absolute atomic E-state index is 13.5. The molecule has 2 N–H and O–H groups in total. The van der Waals surface area contributed by atoms with E-state index >= 15 is 0 Å². The van der Waals surface area contributed by atoms with Crippen LogP contribution in [0.3, 0.4) is 0 Å². The van der Waals surface area contributed by atoms with Crippen molar-refractivity contribution in [3.05, 3.63) is 83.4 Å². The summed E-state index contributed by atoms with van der Waals surface area (Å²) in [6.45, 7) is 4.07. The number of H-pyrrole nitrogens is 1. The standard InChI is InChI=1S/C26H25F3N2/c1-3-4-7-18-14-20(26(27,28)29)16-21(15-18)30-25-23-9-6-5-8-22(23)24(31-25)19-12-10-17(2)11-13-19/h5-6,8-16,30-31H,3-4,7H2,1-2H3. The van der Waals surface area contributed by atoms with E-state index in [1.165, 1.54) is 17.7 Å². The molecule has 0 aliphatic carbocycles. The van der Waals surface area contributed by atoms with Crippen molar-refractivity contribution in [1.82, 2.24) is 4.98 Å². The van der Waals surface area contributed by atoms with Crippen LogP contribution in [0.15, 0.2) is 66.7 Å². The Morgan fingerprint density at radius 3 is 2.29 bits per heavy atom. The summed E-state index contributed by atoms with van der Waals surface area (Å²) < 4.78 is 40.5. The lowest BCUT2D eigenvalue weighted by atomic mass is 10.0. The summed E-state index contributed by atoms with van der Waals surface area (Å²) >= 11 is 0. The van der Waals surface area contributed by atoms with Crippen LogP contribution in [0, 0.1) is 6.92 Å². The lowest BCUT2D eigenvalue weighted by Crippen LogP contribution is -2.07. The van der Waals surface area contributed by atoms with Crippen molar-refractivity contribution in [3.63, 3.8) is 0 Å². The summed E-state index contributed by atoms with van der Waals surface area (Å²) in [6, 6.07) is 20.3. The van der Waals surface area contributed by atoms with Gasteiger partial charge in [-0.3, -0.25) is 0 Å². The van der Waals surface area contributed by atoms with Gasteiger partial charge in [-0.15, -0.1) is 0 Å². The third kappa shape index (κ3) is 4.61. The van der Waals surface area contributed by atoms with Gasteiger partial charge in [0.05, 0.1) is 11.3 Å². The first kappa shape index (κ1) is 21.0. The number of rotatable bonds is 6. The molecule has 1 heterocycles. The second kappa shape index (κ2) is 8.50. The van der Waals surface area contributed by atoms with Crippen molar-refractivity contribution in [2.24, 2.45) is 0 Å². The molecule has 1 aromatic heterocycles. The number of unbranched alkanes of at least 4 members (excludes halogenated alkanes) is 1. The number of hydrogen-bond donors (Lipinski definition) is 2. The number of alkyl halides is 3. The van der Waals surface area contributed by atoms with Gasteiger partial charge < -0.3 is 10.3 Å². The normalized spacial score (nSPS) is 11.8. The molecule has 0 fully saturated rings. The van der Waals surface area contributed by atoms with Crippen LogP contribution in [0.1, 0.15) is 36.5 Å². The van der Waals surface area contributed by atoms with Crippen LogP contribution in [0.5, 0.6) is 0 Å². The summed E-state index contributed by atoms with van der Waals surface area (Å²) in [4.78, 5) is 3.40. The SMILES string of the molecule is CCCCc1cc(Nc2[nH]c(-c3ccc(C)cc3)c3ccccc23)cc(C(F)(F)F)c1. The van der Waals surface area contributed by atoms with E-state index < -0.39 is 11.7 Å². The smallest absolute Gasteiger partial charge is 0.341 e. The molecule has 3 aromatic carbocycles.